The molecule has 1 atom stereocenters. The van der Waals surface area contributed by atoms with E-state index < -0.39 is 10.0 Å². The summed E-state index contributed by atoms with van der Waals surface area (Å²) in [5.74, 6) is 0.420. The number of hydrogen-bond donors (Lipinski definition) is 2. The van der Waals surface area contributed by atoms with Crippen LogP contribution in [0.2, 0.25) is 0 Å². The van der Waals surface area contributed by atoms with E-state index >= 15 is 0 Å². The summed E-state index contributed by atoms with van der Waals surface area (Å²) in [6, 6.07) is -0.0429. The molecule has 9 heteroatoms. The van der Waals surface area contributed by atoms with Crippen LogP contribution in [0.5, 0.6) is 0 Å². The smallest absolute Gasteiger partial charge is 0.260 e. The Morgan fingerprint density at radius 1 is 1.52 bits per heavy atom. The second-order valence-corrected chi connectivity index (χ2v) is 7.72. The predicted molar refractivity (Wildman–Crippen MR) is 83.5 cm³/mol. The second-order valence-electron chi connectivity index (χ2n) is 5.22. The number of nitrogens with one attached hydrogen (secondary N) is 2. The molecule has 0 spiro atoms. The molecule has 21 heavy (non-hydrogen) atoms. The number of aromatic nitrogens is 2. The van der Waals surface area contributed by atoms with E-state index in [0.29, 0.717) is 17.3 Å². The van der Waals surface area contributed by atoms with Gasteiger partial charge in [0.05, 0.1) is 0 Å². The van der Waals surface area contributed by atoms with Gasteiger partial charge in [0, 0.05) is 30.7 Å². The average molecular weight is 329 g/mol. The molecule has 0 aromatic carbocycles. The van der Waals surface area contributed by atoms with Crippen molar-refractivity contribution in [1.29, 1.82) is 0 Å². The topological polar surface area (TPSA) is 78.7 Å². The molecule has 3 rings (SSSR count). The van der Waals surface area contributed by atoms with E-state index in [9.17, 15) is 8.42 Å². The lowest BCUT2D eigenvalue weighted by molar-refractivity contribution is 0.407. The van der Waals surface area contributed by atoms with E-state index in [0.717, 1.165) is 19.5 Å². The van der Waals surface area contributed by atoms with Gasteiger partial charge in [-0.05, 0) is 26.9 Å². The number of nitrogens with zero attached hydrogens (tertiary/aromatic N) is 3. The SMILES string of the molecule is CCNc1nc2sccn2c1S(=O)(=O)NC1CCN(C)C1. The summed E-state index contributed by atoms with van der Waals surface area (Å²) >= 11 is 1.42. The van der Waals surface area contributed by atoms with Crippen LogP contribution in [-0.2, 0) is 10.0 Å². The molecule has 2 aromatic rings. The lowest BCUT2D eigenvalue weighted by atomic mass is 10.3. The van der Waals surface area contributed by atoms with E-state index in [1.54, 1.807) is 10.6 Å². The van der Waals surface area contributed by atoms with Crippen molar-refractivity contribution in [3.8, 4) is 0 Å². The van der Waals surface area contributed by atoms with Crippen molar-refractivity contribution in [2.75, 3.05) is 32.0 Å². The molecule has 2 N–H and O–H groups in total. The summed E-state index contributed by atoms with van der Waals surface area (Å²) in [5, 5.41) is 5.07. The molecule has 0 saturated carbocycles. The highest BCUT2D eigenvalue weighted by molar-refractivity contribution is 7.89. The molecule has 0 bridgehead atoms. The maximum absolute atomic E-state index is 12.7. The van der Waals surface area contributed by atoms with Crippen molar-refractivity contribution < 1.29 is 8.42 Å². The Morgan fingerprint density at radius 3 is 3.00 bits per heavy atom. The Kier molecular flexibility index (Phi) is 3.91. The van der Waals surface area contributed by atoms with E-state index in [4.69, 9.17) is 0 Å². The van der Waals surface area contributed by atoms with Gasteiger partial charge in [0.15, 0.2) is 15.8 Å². The van der Waals surface area contributed by atoms with Crippen LogP contribution in [0.1, 0.15) is 13.3 Å². The number of sulfonamides is 1. The van der Waals surface area contributed by atoms with Crippen LogP contribution in [0, 0.1) is 0 Å². The van der Waals surface area contributed by atoms with Crippen LogP contribution < -0.4 is 10.0 Å². The van der Waals surface area contributed by atoms with Crippen LogP contribution >= 0.6 is 11.3 Å². The van der Waals surface area contributed by atoms with Crippen molar-refractivity contribution >= 4 is 32.1 Å². The first-order chi connectivity index (χ1) is 10.0. The molecular weight excluding hydrogens is 310 g/mol. The van der Waals surface area contributed by atoms with Gasteiger partial charge in [-0.25, -0.2) is 18.1 Å². The number of imidazole rings is 1. The summed E-state index contributed by atoms with van der Waals surface area (Å²) in [4.78, 5) is 7.15. The Hall–Kier alpha value is -1.16. The van der Waals surface area contributed by atoms with E-state index in [1.807, 2.05) is 19.4 Å². The number of thiazole rings is 1. The highest BCUT2D eigenvalue weighted by Crippen LogP contribution is 2.26. The standard InChI is InChI=1S/C12H19N5O2S2/c1-3-13-10-11(17-6-7-20-12(17)14-10)21(18,19)15-9-4-5-16(2)8-9/h6-7,9,13,15H,3-5,8H2,1-2H3. The van der Waals surface area contributed by atoms with Gasteiger partial charge in [0.25, 0.3) is 10.0 Å². The largest absolute Gasteiger partial charge is 0.368 e. The Bertz CT molecular complexity index is 736. The van der Waals surface area contributed by atoms with E-state index in [-0.39, 0.29) is 11.1 Å². The molecule has 1 saturated heterocycles. The highest BCUT2D eigenvalue weighted by atomic mass is 32.2. The highest BCUT2D eigenvalue weighted by Gasteiger charge is 2.30. The van der Waals surface area contributed by atoms with E-state index in [1.165, 1.54) is 11.3 Å². The number of fused-ring (bicyclic) bond motifs is 1. The number of hydrogen-bond acceptors (Lipinski definition) is 6. The fraction of sp³-hybridized carbons (Fsp3) is 0.583. The third-order valence-corrected chi connectivity index (χ3v) is 5.83. The third-order valence-electron chi connectivity index (χ3n) is 3.53. The maximum atomic E-state index is 12.7. The molecule has 1 aliphatic heterocycles. The molecule has 1 fully saturated rings. The van der Waals surface area contributed by atoms with Gasteiger partial charge in [0.1, 0.15) is 0 Å². The molecule has 116 valence electrons. The Morgan fingerprint density at radius 2 is 2.33 bits per heavy atom. The zero-order valence-corrected chi connectivity index (χ0v) is 13.7. The summed E-state index contributed by atoms with van der Waals surface area (Å²) in [6.07, 6.45) is 2.57. The van der Waals surface area contributed by atoms with Gasteiger partial charge < -0.3 is 10.2 Å². The van der Waals surface area contributed by atoms with Crippen LogP contribution in [-0.4, -0.2) is 55.4 Å². The van der Waals surface area contributed by atoms with Crippen LogP contribution in [0.4, 0.5) is 5.82 Å². The Balaban J connectivity index is 1.97. The monoisotopic (exact) mass is 329 g/mol. The predicted octanol–water partition coefficient (Wildman–Crippen LogP) is 0.810. The fourth-order valence-corrected chi connectivity index (χ4v) is 4.90. The number of likely N-dealkylation sites (tertiary alicyclic amines) is 1. The van der Waals surface area contributed by atoms with Crippen molar-refractivity contribution in [3.05, 3.63) is 11.6 Å². The quantitative estimate of drug-likeness (QED) is 0.849. The number of anilines is 1. The van der Waals surface area contributed by atoms with Crippen molar-refractivity contribution in [2.24, 2.45) is 0 Å². The molecule has 3 heterocycles. The lowest BCUT2D eigenvalue weighted by Gasteiger charge is -2.14. The molecule has 1 unspecified atom stereocenters. The van der Waals surface area contributed by atoms with Crippen LogP contribution in [0.15, 0.2) is 16.6 Å². The molecule has 0 aliphatic carbocycles. The third kappa shape index (κ3) is 2.78. The van der Waals surface area contributed by atoms with Crippen LogP contribution in [0.3, 0.4) is 0 Å². The number of rotatable bonds is 5. The van der Waals surface area contributed by atoms with Crippen LogP contribution in [0.25, 0.3) is 4.96 Å². The Labute approximate surface area is 128 Å². The normalized spacial score (nSPS) is 20.4. The summed E-state index contributed by atoms with van der Waals surface area (Å²) in [7, 11) is -1.61. The first-order valence-electron chi connectivity index (χ1n) is 6.91. The lowest BCUT2D eigenvalue weighted by Crippen LogP contribution is -2.37. The average Bonchev–Trinajstić information content (AvgIpc) is 3.05. The molecule has 7 nitrogen and oxygen atoms in total. The summed E-state index contributed by atoms with van der Waals surface area (Å²) in [5.41, 5.74) is 0. The van der Waals surface area contributed by atoms with Crippen molar-refractivity contribution in [2.45, 2.75) is 24.4 Å². The molecule has 1 aliphatic rings. The summed E-state index contributed by atoms with van der Waals surface area (Å²) < 4.78 is 29.9. The fourth-order valence-electron chi connectivity index (χ4n) is 2.61. The minimum Gasteiger partial charge on any atom is -0.368 e. The van der Waals surface area contributed by atoms with Crippen molar-refractivity contribution in [1.82, 2.24) is 19.0 Å². The molecular formula is C12H19N5O2S2. The van der Waals surface area contributed by atoms with Gasteiger partial charge in [-0.3, -0.25) is 4.40 Å². The first-order valence-corrected chi connectivity index (χ1v) is 9.28. The van der Waals surface area contributed by atoms with Crippen molar-refractivity contribution in [3.63, 3.8) is 0 Å². The van der Waals surface area contributed by atoms with Gasteiger partial charge in [-0.15, -0.1) is 11.3 Å². The zero-order valence-electron chi connectivity index (χ0n) is 12.0. The van der Waals surface area contributed by atoms with Gasteiger partial charge in [-0.1, -0.05) is 0 Å². The second kappa shape index (κ2) is 5.56. The first kappa shape index (κ1) is 14.8. The molecule has 2 aromatic heterocycles. The van der Waals surface area contributed by atoms with Gasteiger partial charge >= 0.3 is 0 Å². The summed E-state index contributed by atoms with van der Waals surface area (Å²) in [6.45, 7) is 4.19. The van der Waals surface area contributed by atoms with Gasteiger partial charge in [0.2, 0.25) is 0 Å². The minimum absolute atomic E-state index is 0.0429. The maximum Gasteiger partial charge on any atom is 0.260 e. The zero-order chi connectivity index (χ0) is 15.0. The van der Waals surface area contributed by atoms with E-state index in [2.05, 4.69) is 19.9 Å². The van der Waals surface area contributed by atoms with Gasteiger partial charge in [-0.2, -0.15) is 0 Å². The molecule has 0 amide bonds. The number of likely N-dealkylation sites (N-methyl/N-ethyl adjacent to an activating group) is 1. The molecule has 0 radical (unpaired) electrons. The minimum atomic E-state index is -3.61.